The van der Waals surface area contributed by atoms with E-state index in [1.165, 1.54) is 4.90 Å². The highest BCUT2D eigenvalue weighted by molar-refractivity contribution is 6.35. The number of anilines is 3. The Bertz CT molecular complexity index is 1250. The minimum absolute atomic E-state index is 0.207. The second-order valence-corrected chi connectivity index (χ2v) is 7.75. The number of nitrogens with one attached hydrogen (secondary N) is 3. The van der Waals surface area contributed by atoms with E-state index in [4.69, 9.17) is 0 Å². The van der Waals surface area contributed by atoms with Gasteiger partial charge in [0.05, 0.1) is 17.8 Å². The van der Waals surface area contributed by atoms with Crippen LogP contribution in [0.15, 0.2) is 60.8 Å². The first-order valence-corrected chi connectivity index (χ1v) is 10.3. The zero-order valence-electron chi connectivity index (χ0n) is 17.4. The first kappa shape index (κ1) is 19.6. The molecule has 0 saturated carbocycles. The summed E-state index contributed by atoms with van der Waals surface area (Å²) in [5, 5.41) is 5.59. The largest absolute Gasteiger partial charge is 0.362 e. The van der Waals surface area contributed by atoms with Gasteiger partial charge in [-0.25, -0.2) is 14.5 Å². The average molecular weight is 427 g/mol. The first-order valence-electron chi connectivity index (χ1n) is 10.3. The minimum Gasteiger partial charge on any atom is -0.362 e. The molecule has 2 aromatic carbocycles. The highest BCUT2D eigenvalue weighted by Gasteiger charge is 2.34. The van der Waals surface area contributed by atoms with Crippen LogP contribution in [0.3, 0.4) is 0 Å². The van der Waals surface area contributed by atoms with E-state index in [0.717, 1.165) is 22.5 Å². The fourth-order valence-electron chi connectivity index (χ4n) is 3.89. The van der Waals surface area contributed by atoms with Gasteiger partial charge in [0.1, 0.15) is 0 Å². The Morgan fingerprint density at radius 2 is 1.88 bits per heavy atom. The number of imide groups is 1. The van der Waals surface area contributed by atoms with Gasteiger partial charge in [-0.05, 0) is 49.4 Å². The van der Waals surface area contributed by atoms with Crippen LogP contribution in [0.1, 0.15) is 16.8 Å². The van der Waals surface area contributed by atoms with Gasteiger partial charge in [0, 0.05) is 35.4 Å². The fourth-order valence-corrected chi connectivity index (χ4v) is 3.89. The van der Waals surface area contributed by atoms with Crippen molar-refractivity contribution in [1.29, 1.82) is 0 Å². The second kappa shape index (κ2) is 7.73. The molecular weight excluding hydrogens is 406 g/mol. The van der Waals surface area contributed by atoms with E-state index < -0.39 is 6.03 Å². The van der Waals surface area contributed by atoms with Crippen LogP contribution in [-0.4, -0.2) is 40.9 Å². The molecule has 1 aromatic heterocycles. The van der Waals surface area contributed by atoms with Gasteiger partial charge in [-0.3, -0.25) is 9.69 Å². The number of urea groups is 2. The Morgan fingerprint density at radius 1 is 1.06 bits per heavy atom. The number of hydrogen-bond acceptors (Lipinski definition) is 3. The molecule has 0 atom stereocenters. The van der Waals surface area contributed by atoms with E-state index in [1.807, 2.05) is 43.3 Å². The number of aryl methyl sites for hydroxylation is 1. The van der Waals surface area contributed by atoms with Gasteiger partial charge in [-0.1, -0.05) is 23.8 Å². The molecule has 5 rings (SSSR count). The molecule has 0 aliphatic carbocycles. The third-order valence-corrected chi connectivity index (χ3v) is 5.58. The molecule has 0 bridgehead atoms. The average Bonchev–Trinajstić information content (AvgIpc) is 3.49. The molecule has 0 unspecified atom stereocenters. The van der Waals surface area contributed by atoms with Crippen molar-refractivity contribution >= 4 is 46.7 Å². The number of amides is 5. The number of nitrogens with zero attached hydrogens (tertiary/aromatic N) is 2. The van der Waals surface area contributed by atoms with Crippen molar-refractivity contribution in [2.75, 3.05) is 28.6 Å². The summed E-state index contributed by atoms with van der Waals surface area (Å²) in [7, 11) is 0. The molecule has 0 radical (unpaired) electrons. The maximum Gasteiger partial charge on any atom is 0.332 e. The van der Waals surface area contributed by atoms with Crippen molar-refractivity contribution < 1.29 is 14.4 Å². The van der Waals surface area contributed by atoms with E-state index >= 15 is 0 Å². The maximum absolute atomic E-state index is 12.8. The minimum atomic E-state index is -0.504. The molecule has 32 heavy (non-hydrogen) atoms. The zero-order chi connectivity index (χ0) is 22.2. The van der Waals surface area contributed by atoms with Crippen LogP contribution in [0.5, 0.6) is 0 Å². The van der Waals surface area contributed by atoms with Gasteiger partial charge in [0.15, 0.2) is 0 Å². The molecule has 3 N–H and O–H groups in total. The molecule has 1 fully saturated rings. The SMILES string of the molecule is Cc1ccc(N2CCN(C(=O)Nc3ccc4c(c3)NC(=O)C4=Cc3ccc[nH]3)C2=O)cc1. The van der Waals surface area contributed by atoms with Crippen molar-refractivity contribution in [2.45, 2.75) is 6.92 Å². The number of rotatable bonds is 3. The lowest BCUT2D eigenvalue weighted by Crippen LogP contribution is -2.39. The van der Waals surface area contributed by atoms with Crippen LogP contribution in [0.4, 0.5) is 26.7 Å². The summed E-state index contributed by atoms with van der Waals surface area (Å²) in [5.74, 6) is -0.207. The number of carbonyl (C=O) groups excluding carboxylic acids is 3. The maximum atomic E-state index is 12.8. The molecule has 2 aliphatic rings. The topological polar surface area (TPSA) is 97.5 Å². The van der Waals surface area contributed by atoms with Crippen molar-refractivity contribution in [3.8, 4) is 0 Å². The van der Waals surface area contributed by atoms with Gasteiger partial charge in [0.2, 0.25) is 0 Å². The molecular formula is C24H21N5O3. The molecule has 2 aliphatic heterocycles. The van der Waals surface area contributed by atoms with Crippen molar-refractivity contribution in [1.82, 2.24) is 9.88 Å². The van der Waals surface area contributed by atoms with E-state index in [0.29, 0.717) is 30.0 Å². The highest BCUT2D eigenvalue weighted by atomic mass is 16.2. The Balaban J connectivity index is 1.31. The van der Waals surface area contributed by atoms with Crippen molar-refractivity contribution in [3.63, 3.8) is 0 Å². The predicted molar refractivity (Wildman–Crippen MR) is 123 cm³/mol. The van der Waals surface area contributed by atoms with Gasteiger partial charge in [-0.2, -0.15) is 0 Å². The number of aromatic amines is 1. The lowest BCUT2D eigenvalue weighted by atomic mass is 10.1. The summed E-state index contributed by atoms with van der Waals surface area (Å²) >= 11 is 0. The van der Waals surface area contributed by atoms with Crippen molar-refractivity contribution in [2.24, 2.45) is 0 Å². The monoisotopic (exact) mass is 427 g/mol. The normalized spacial score (nSPS) is 16.5. The number of fused-ring (bicyclic) bond motifs is 1. The number of carbonyl (C=O) groups is 3. The smallest absolute Gasteiger partial charge is 0.332 e. The van der Waals surface area contributed by atoms with E-state index in [1.54, 1.807) is 35.4 Å². The standard InChI is InChI=1S/C24H21N5O3/c1-15-4-7-18(8-5-15)28-11-12-29(24(28)32)23(31)26-17-6-9-19-20(13-16-3-2-10-25-16)22(30)27-21(19)14-17/h2-10,13-14,25H,11-12H2,1H3,(H,26,31)(H,27,30). The Kier molecular flexibility index (Phi) is 4.74. The van der Waals surface area contributed by atoms with Crippen LogP contribution < -0.4 is 15.5 Å². The molecule has 5 amide bonds. The van der Waals surface area contributed by atoms with Gasteiger partial charge < -0.3 is 15.6 Å². The van der Waals surface area contributed by atoms with Crippen LogP contribution in [0.25, 0.3) is 11.6 Å². The third kappa shape index (κ3) is 3.51. The molecule has 0 spiro atoms. The van der Waals surface area contributed by atoms with Crippen LogP contribution in [0, 0.1) is 6.92 Å². The summed E-state index contributed by atoms with van der Waals surface area (Å²) < 4.78 is 0. The molecule has 8 nitrogen and oxygen atoms in total. The molecule has 1 saturated heterocycles. The Morgan fingerprint density at radius 3 is 2.62 bits per heavy atom. The number of hydrogen-bond donors (Lipinski definition) is 3. The van der Waals surface area contributed by atoms with Gasteiger partial charge in [0.25, 0.3) is 5.91 Å². The van der Waals surface area contributed by atoms with E-state index in [-0.39, 0.29) is 11.9 Å². The second-order valence-electron chi connectivity index (χ2n) is 7.75. The summed E-state index contributed by atoms with van der Waals surface area (Å²) in [6.07, 6.45) is 3.57. The lowest BCUT2D eigenvalue weighted by Gasteiger charge is -2.18. The van der Waals surface area contributed by atoms with Gasteiger partial charge in [-0.15, -0.1) is 0 Å². The molecule has 3 heterocycles. The fraction of sp³-hybridized carbons (Fsp3) is 0.125. The molecule has 160 valence electrons. The van der Waals surface area contributed by atoms with Gasteiger partial charge >= 0.3 is 12.1 Å². The predicted octanol–water partition coefficient (Wildman–Crippen LogP) is 4.29. The molecule has 8 heteroatoms. The summed E-state index contributed by atoms with van der Waals surface area (Å²) in [5.41, 5.74) is 5.10. The first-order chi connectivity index (χ1) is 15.5. The third-order valence-electron chi connectivity index (χ3n) is 5.58. The number of aromatic nitrogens is 1. The Labute approximate surface area is 184 Å². The number of H-pyrrole nitrogens is 1. The zero-order valence-corrected chi connectivity index (χ0v) is 17.4. The quantitative estimate of drug-likeness (QED) is 0.544. The summed E-state index contributed by atoms with van der Waals surface area (Å²) in [4.78, 5) is 43.7. The summed E-state index contributed by atoms with van der Waals surface area (Å²) in [6.45, 7) is 2.71. The summed E-state index contributed by atoms with van der Waals surface area (Å²) in [6, 6.07) is 15.7. The highest BCUT2D eigenvalue weighted by Crippen LogP contribution is 2.35. The molecule has 3 aromatic rings. The Hall–Kier alpha value is -4.33. The van der Waals surface area contributed by atoms with Crippen LogP contribution >= 0.6 is 0 Å². The van der Waals surface area contributed by atoms with E-state index in [9.17, 15) is 14.4 Å². The van der Waals surface area contributed by atoms with E-state index in [2.05, 4.69) is 15.6 Å². The van der Waals surface area contributed by atoms with Crippen LogP contribution in [-0.2, 0) is 4.79 Å². The number of benzene rings is 2. The lowest BCUT2D eigenvalue weighted by molar-refractivity contribution is -0.110. The van der Waals surface area contributed by atoms with Crippen LogP contribution in [0.2, 0.25) is 0 Å². The van der Waals surface area contributed by atoms with Crippen molar-refractivity contribution in [3.05, 3.63) is 77.6 Å².